The summed E-state index contributed by atoms with van der Waals surface area (Å²) in [4.78, 5) is 0. The number of aromatic nitrogens is 2. The van der Waals surface area contributed by atoms with E-state index in [1.807, 2.05) is 11.7 Å². The second kappa shape index (κ2) is 6.20. The van der Waals surface area contributed by atoms with Crippen LogP contribution in [0.3, 0.4) is 0 Å². The third kappa shape index (κ3) is 2.97. The van der Waals surface area contributed by atoms with E-state index in [0.29, 0.717) is 6.04 Å². The molecular formula is C14H24BrN3. The molecule has 0 spiro atoms. The van der Waals surface area contributed by atoms with Crippen LogP contribution in [0.25, 0.3) is 0 Å². The standard InChI is InChI=1S/C14H24BrN3/c1-4-12-14(15)13(18(3)17-12)9-16-10(2)11-7-5-6-8-11/h10-11,16H,4-9H2,1-3H3/t10-/m0/s1. The first-order valence-corrected chi connectivity index (χ1v) is 7.86. The number of hydrogen-bond acceptors (Lipinski definition) is 2. The number of halogens is 1. The number of hydrogen-bond donors (Lipinski definition) is 1. The van der Waals surface area contributed by atoms with Crippen molar-refractivity contribution in [1.82, 2.24) is 15.1 Å². The molecule has 0 amide bonds. The van der Waals surface area contributed by atoms with Crippen molar-refractivity contribution in [3.63, 3.8) is 0 Å². The number of aryl methyl sites for hydroxylation is 2. The molecule has 1 saturated carbocycles. The van der Waals surface area contributed by atoms with Gasteiger partial charge in [0.25, 0.3) is 0 Å². The first kappa shape index (κ1) is 14.1. The van der Waals surface area contributed by atoms with Gasteiger partial charge in [-0.2, -0.15) is 5.10 Å². The predicted octanol–water partition coefficient (Wildman–Crippen LogP) is 3.41. The normalized spacial score (nSPS) is 18.4. The molecule has 0 bridgehead atoms. The molecule has 1 aliphatic rings. The largest absolute Gasteiger partial charge is 0.308 e. The van der Waals surface area contributed by atoms with Crippen LogP contribution in [-0.2, 0) is 20.0 Å². The van der Waals surface area contributed by atoms with Crippen LogP contribution < -0.4 is 5.32 Å². The maximum atomic E-state index is 4.53. The highest BCUT2D eigenvalue weighted by molar-refractivity contribution is 9.10. The van der Waals surface area contributed by atoms with Crippen LogP contribution in [0.15, 0.2) is 4.47 Å². The van der Waals surface area contributed by atoms with E-state index in [1.165, 1.54) is 35.8 Å². The van der Waals surface area contributed by atoms with Crippen molar-refractivity contribution in [3.8, 4) is 0 Å². The summed E-state index contributed by atoms with van der Waals surface area (Å²) in [5.41, 5.74) is 2.42. The summed E-state index contributed by atoms with van der Waals surface area (Å²) in [6.07, 6.45) is 6.58. The summed E-state index contributed by atoms with van der Waals surface area (Å²) in [5.74, 6) is 0.864. The Labute approximate surface area is 118 Å². The highest BCUT2D eigenvalue weighted by Crippen LogP contribution is 2.28. The lowest BCUT2D eigenvalue weighted by Crippen LogP contribution is -2.32. The summed E-state index contributed by atoms with van der Waals surface area (Å²) in [5, 5.41) is 8.20. The first-order valence-electron chi connectivity index (χ1n) is 7.07. The van der Waals surface area contributed by atoms with Gasteiger partial charge in [-0.1, -0.05) is 19.8 Å². The van der Waals surface area contributed by atoms with Crippen molar-refractivity contribution in [2.45, 2.75) is 58.5 Å². The average Bonchev–Trinajstić information content (AvgIpc) is 2.96. The van der Waals surface area contributed by atoms with E-state index in [1.54, 1.807) is 0 Å². The highest BCUT2D eigenvalue weighted by atomic mass is 79.9. The van der Waals surface area contributed by atoms with Crippen LogP contribution in [-0.4, -0.2) is 15.8 Å². The van der Waals surface area contributed by atoms with Crippen molar-refractivity contribution >= 4 is 15.9 Å². The lowest BCUT2D eigenvalue weighted by Gasteiger charge is -2.20. The summed E-state index contributed by atoms with van der Waals surface area (Å²) >= 11 is 3.67. The fraction of sp³-hybridized carbons (Fsp3) is 0.786. The quantitative estimate of drug-likeness (QED) is 0.902. The van der Waals surface area contributed by atoms with Crippen LogP contribution in [0, 0.1) is 5.92 Å². The van der Waals surface area contributed by atoms with Gasteiger partial charge in [0.15, 0.2) is 0 Å². The minimum Gasteiger partial charge on any atom is -0.308 e. The zero-order chi connectivity index (χ0) is 13.1. The first-order chi connectivity index (χ1) is 8.63. The SMILES string of the molecule is CCc1nn(C)c(CN[C@@H](C)C2CCCC2)c1Br. The van der Waals surface area contributed by atoms with Crippen LogP contribution in [0.1, 0.15) is 50.9 Å². The maximum absolute atomic E-state index is 4.53. The number of nitrogens with zero attached hydrogens (tertiary/aromatic N) is 2. The monoisotopic (exact) mass is 313 g/mol. The number of nitrogens with one attached hydrogen (secondary N) is 1. The molecule has 102 valence electrons. The van der Waals surface area contributed by atoms with E-state index in [2.05, 4.69) is 40.2 Å². The van der Waals surface area contributed by atoms with Crippen molar-refractivity contribution in [2.24, 2.45) is 13.0 Å². The van der Waals surface area contributed by atoms with Gasteiger partial charge in [-0.05, 0) is 48.0 Å². The molecule has 3 nitrogen and oxygen atoms in total. The molecule has 0 unspecified atom stereocenters. The molecule has 1 aromatic rings. The van der Waals surface area contributed by atoms with Crippen molar-refractivity contribution in [2.75, 3.05) is 0 Å². The molecular weight excluding hydrogens is 290 g/mol. The Balaban J connectivity index is 1.95. The average molecular weight is 314 g/mol. The Bertz CT molecular complexity index is 394. The van der Waals surface area contributed by atoms with Gasteiger partial charge in [-0.15, -0.1) is 0 Å². The summed E-state index contributed by atoms with van der Waals surface area (Å²) in [6.45, 7) is 5.37. The van der Waals surface area contributed by atoms with Crippen molar-refractivity contribution in [3.05, 3.63) is 15.9 Å². The van der Waals surface area contributed by atoms with Gasteiger partial charge in [-0.3, -0.25) is 4.68 Å². The van der Waals surface area contributed by atoms with Gasteiger partial charge in [0.2, 0.25) is 0 Å². The summed E-state index contributed by atoms with van der Waals surface area (Å²) in [6, 6.07) is 0.611. The maximum Gasteiger partial charge on any atom is 0.0767 e. The Morgan fingerprint density at radius 1 is 1.44 bits per heavy atom. The van der Waals surface area contributed by atoms with Crippen LogP contribution >= 0.6 is 15.9 Å². The fourth-order valence-corrected chi connectivity index (χ4v) is 3.65. The molecule has 18 heavy (non-hydrogen) atoms. The minimum absolute atomic E-state index is 0.611. The zero-order valence-electron chi connectivity index (χ0n) is 11.7. The Morgan fingerprint density at radius 2 is 2.11 bits per heavy atom. The molecule has 1 heterocycles. The fourth-order valence-electron chi connectivity index (χ4n) is 2.89. The molecule has 0 aromatic carbocycles. The molecule has 1 atom stereocenters. The molecule has 1 aliphatic carbocycles. The van der Waals surface area contributed by atoms with Crippen LogP contribution in [0.4, 0.5) is 0 Å². The summed E-state index contributed by atoms with van der Waals surface area (Å²) < 4.78 is 3.18. The van der Waals surface area contributed by atoms with Gasteiger partial charge in [0.05, 0.1) is 15.9 Å². The molecule has 1 aromatic heterocycles. The molecule has 0 radical (unpaired) electrons. The van der Waals surface area contributed by atoms with Gasteiger partial charge in [0.1, 0.15) is 0 Å². The van der Waals surface area contributed by atoms with Gasteiger partial charge < -0.3 is 5.32 Å². The Hall–Kier alpha value is -0.350. The van der Waals surface area contributed by atoms with Gasteiger partial charge in [0, 0.05) is 19.6 Å². The molecule has 1 N–H and O–H groups in total. The Kier molecular flexibility index (Phi) is 4.84. The molecule has 0 saturated heterocycles. The van der Waals surface area contributed by atoms with Crippen molar-refractivity contribution < 1.29 is 0 Å². The highest BCUT2D eigenvalue weighted by Gasteiger charge is 2.22. The molecule has 0 aliphatic heterocycles. The van der Waals surface area contributed by atoms with E-state index in [4.69, 9.17) is 0 Å². The second-order valence-corrected chi connectivity index (χ2v) is 6.19. The lowest BCUT2D eigenvalue weighted by molar-refractivity contribution is 0.376. The van der Waals surface area contributed by atoms with Crippen LogP contribution in [0.2, 0.25) is 0 Å². The molecule has 4 heteroatoms. The van der Waals surface area contributed by atoms with E-state index >= 15 is 0 Å². The van der Waals surface area contributed by atoms with Crippen molar-refractivity contribution in [1.29, 1.82) is 0 Å². The molecule has 2 rings (SSSR count). The summed E-state index contributed by atoms with van der Waals surface area (Å²) in [7, 11) is 2.03. The van der Waals surface area contributed by atoms with E-state index in [9.17, 15) is 0 Å². The molecule has 1 fully saturated rings. The minimum atomic E-state index is 0.611. The topological polar surface area (TPSA) is 29.9 Å². The second-order valence-electron chi connectivity index (χ2n) is 5.40. The zero-order valence-corrected chi connectivity index (χ0v) is 13.3. The Morgan fingerprint density at radius 3 is 2.67 bits per heavy atom. The third-order valence-electron chi connectivity index (χ3n) is 4.20. The van der Waals surface area contributed by atoms with Gasteiger partial charge in [-0.25, -0.2) is 0 Å². The van der Waals surface area contributed by atoms with Gasteiger partial charge >= 0.3 is 0 Å². The number of rotatable bonds is 5. The van der Waals surface area contributed by atoms with E-state index in [0.717, 1.165) is 24.6 Å². The lowest BCUT2D eigenvalue weighted by atomic mass is 10.00. The van der Waals surface area contributed by atoms with E-state index < -0.39 is 0 Å². The smallest absolute Gasteiger partial charge is 0.0767 e. The van der Waals surface area contributed by atoms with E-state index in [-0.39, 0.29) is 0 Å². The predicted molar refractivity (Wildman–Crippen MR) is 78.5 cm³/mol. The third-order valence-corrected chi connectivity index (χ3v) is 5.12. The van der Waals surface area contributed by atoms with Crippen LogP contribution in [0.5, 0.6) is 0 Å².